The fourth-order valence-electron chi connectivity index (χ4n) is 4.51. The van der Waals surface area contributed by atoms with Crippen LogP contribution < -0.4 is 24.4 Å². The molecule has 1 aliphatic heterocycles. The highest BCUT2D eigenvalue weighted by Gasteiger charge is 2.37. The van der Waals surface area contributed by atoms with Crippen LogP contribution in [0.25, 0.3) is 6.08 Å². The molecule has 0 aromatic heterocycles. The fourth-order valence-corrected chi connectivity index (χ4v) is 5.05. The Bertz CT molecular complexity index is 1770. The molecule has 0 atom stereocenters. The van der Waals surface area contributed by atoms with Crippen molar-refractivity contribution in [3.8, 4) is 17.2 Å². The van der Waals surface area contributed by atoms with Gasteiger partial charge in [0.15, 0.2) is 11.5 Å². The number of hydrogen-bond acceptors (Lipinski definition) is 6. The van der Waals surface area contributed by atoms with Crippen molar-refractivity contribution < 1.29 is 28.6 Å². The molecule has 4 aromatic rings. The van der Waals surface area contributed by atoms with E-state index in [-0.39, 0.29) is 22.9 Å². The summed E-state index contributed by atoms with van der Waals surface area (Å²) in [4.78, 5) is 39.8. The van der Waals surface area contributed by atoms with Gasteiger partial charge >= 0.3 is 6.03 Å². The molecule has 0 saturated carbocycles. The van der Waals surface area contributed by atoms with E-state index in [1.807, 2.05) is 56.3 Å². The summed E-state index contributed by atoms with van der Waals surface area (Å²) in [5.41, 5.74) is 4.71. The highest BCUT2D eigenvalue weighted by Crippen LogP contribution is 2.38. The van der Waals surface area contributed by atoms with Gasteiger partial charge in [0.2, 0.25) is 0 Å². The number of benzene rings is 4. The lowest BCUT2D eigenvalue weighted by atomic mass is 10.1. The van der Waals surface area contributed by atoms with Gasteiger partial charge in [-0.1, -0.05) is 57.9 Å². The maximum absolute atomic E-state index is 13.4. The van der Waals surface area contributed by atoms with Crippen molar-refractivity contribution in [2.24, 2.45) is 0 Å². The number of urea groups is 1. The number of aryl methyl sites for hydroxylation is 2. The normalized spacial score (nSPS) is 14.1. The Balaban J connectivity index is 1.33. The topological polar surface area (TPSA) is 94.2 Å². The van der Waals surface area contributed by atoms with E-state index in [2.05, 4.69) is 21.2 Å². The highest BCUT2D eigenvalue weighted by atomic mass is 79.9. The van der Waals surface area contributed by atoms with Gasteiger partial charge in [-0.05, 0) is 96.3 Å². The molecule has 0 bridgehead atoms. The van der Waals surface area contributed by atoms with Gasteiger partial charge < -0.3 is 14.2 Å². The van der Waals surface area contributed by atoms with Crippen LogP contribution in [-0.4, -0.2) is 25.0 Å². The Morgan fingerprint density at radius 3 is 2.20 bits per heavy atom. The van der Waals surface area contributed by atoms with Crippen LogP contribution in [0.4, 0.5) is 10.5 Å². The van der Waals surface area contributed by atoms with E-state index in [0.717, 1.165) is 26.1 Å². The first kappa shape index (κ1) is 30.8. The lowest BCUT2D eigenvalue weighted by molar-refractivity contribution is -0.122. The summed E-state index contributed by atoms with van der Waals surface area (Å²) < 4.78 is 18.3. The highest BCUT2D eigenvalue weighted by molar-refractivity contribution is 9.10. The number of nitrogens with one attached hydrogen (secondary N) is 1. The van der Waals surface area contributed by atoms with Crippen molar-refractivity contribution >= 4 is 57.1 Å². The number of carbonyl (C=O) groups excluding carboxylic acids is 3. The zero-order chi connectivity index (χ0) is 31.4. The monoisotopic (exact) mass is 674 g/mol. The van der Waals surface area contributed by atoms with Crippen LogP contribution in [0.2, 0.25) is 5.02 Å². The van der Waals surface area contributed by atoms with Crippen molar-refractivity contribution in [3.63, 3.8) is 0 Å². The molecule has 0 unspecified atom stereocenters. The molecule has 44 heavy (non-hydrogen) atoms. The van der Waals surface area contributed by atoms with Crippen LogP contribution >= 0.6 is 27.5 Å². The van der Waals surface area contributed by atoms with E-state index in [9.17, 15) is 14.4 Å². The third-order valence-corrected chi connectivity index (χ3v) is 7.84. The second-order valence-corrected chi connectivity index (χ2v) is 11.4. The molecule has 1 N–H and O–H groups in total. The van der Waals surface area contributed by atoms with Crippen LogP contribution in [-0.2, 0) is 22.8 Å². The molecule has 224 valence electrons. The van der Waals surface area contributed by atoms with Gasteiger partial charge in [-0.15, -0.1) is 0 Å². The molecule has 10 heteroatoms. The van der Waals surface area contributed by atoms with E-state index in [4.69, 9.17) is 25.8 Å². The molecule has 0 radical (unpaired) electrons. The van der Waals surface area contributed by atoms with Crippen molar-refractivity contribution in [2.45, 2.75) is 27.1 Å². The summed E-state index contributed by atoms with van der Waals surface area (Å²) in [5, 5.41) is 2.46. The van der Waals surface area contributed by atoms with E-state index in [0.29, 0.717) is 29.4 Å². The van der Waals surface area contributed by atoms with E-state index >= 15 is 0 Å². The summed E-state index contributed by atoms with van der Waals surface area (Å²) in [6, 6.07) is 22.5. The largest absolute Gasteiger partial charge is 0.493 e. The van der Waals surface area contributed by atoms with Crippen molar-refractivity contribution in [2.75, 3.05) is 12.0 Å². The number of barbiturate groups is 1. The van der Waals surface area contributed by atoms with Crippen molar-refractivity contribution in [1.82, 2.24) is 5.32 Å². The number of anilines is 1. The maximum atomic E-state index is 13.4. The molecule has 1 saturated heterocycles. The van der Waals surface area contributed by atoms with Crippen molar-refractivity contribution in [1.29, 1.82) is 0 Å². The Kier molecular flexibility index (Phi) is 9.37. The van der Waals surface area contributed by atoms with Crippen LogP contribution in [0.3, 0.4) is 0 Å². The Morgan fingerprint density at radius 1 is 0.841 bits per heavy atom. The first-order chi connectivity index (χ1) is 21.1. The van der Waals surface area contributed by atoms with Crippen LogP contribution in [0, 0.1) is 13.8 Å². The number of carbonyl (C=O) groups is 3. The average molecular weight is 676 g/mol. The lowest BCUT2D eigenvalue weighted by Crippen LogP contribution is -2.54. The summed E-state index contributed by atoms with van der Waals surface area (Å²) >= 11 is 9.97. The minimum Gasteiger partial charge on any atom is -0.493 e. The second-order valence-electron chi connectivity index (χ2n) is 10.1. The van der Waals surface area contributed by atoms with E-state index < -0.39 is 17.8 Å². The average Bonchev–Trinajstić information content (AvgIpc) is 3.00. The standard InChI is InChI=1S/C34H28BrClN2O6/c1-20-4-5-23(14-21(20)2)19-44-31-29(36)16-24(17-30(31)42-3)15-28-32(39)37-34(41)38(33(28)40)26-10-12-27(13-11-26)43-18-22-6-8-25(35)9-7-22/h4-17H,18-19H2,1-3H3,(H,37,39,41)/b28-15+. The number of amides is 4. The number of ether oxygens (including phenoxy) is 3. The van der Waals surface area contributed by atoms with Gasteiger partial charge in [-0.3, -0.25) is 14.9 Å². The third-order valence-electron chi connectivity index (χ3n) is 7.03. The predicted molar refractivity (Wildman–Crippen MR) is 172 cm³/mol. The van der Waals surface area contributed by atoms with Crippen LogP contribution in [0.15, 0.2) is 88.9 Å². The van der Waals surface area contributed by atoms with Crippen LogP contribution in [0.5, 0.6) is 17.2 Å². The van der Waals surface area contributed by atoms with Crippen LogP contribution in [0.1, 0.15) is 27.8 Å². The van der Waals surface area contributed by atoms with Gasteiger partial charge in [-0.25, -0.2) is 9.69 Å². The van der Waals surface area contributed by atoms with E-state index in [1.54, 1.807) is 36.4 Å². The van der Waals surface area contributed by atoms with Crippen molar-refractivity contribution in [3.05, 3.63) is 122 Å². The van der Waals surface area contributed by atoms with Gasteiger partial charge in [0.1, 0.15) is 24.5 Å². The van der Waals surface area contributed by atoms with Gasteiger partial charge in [0.05, 0.1) is 17.8 Å². The maximum Gasteiger partial charge on any atom is 0.335 e. The predicted octanol–water partition coefficient (Wildman–Crippen LogP) is 7.55. The molecule has 8 nitrogen and oxygen atoms in total. The van der Waals surface area contributed by atoms with Gasteiger partial charge in [0, 0.05) is 4.47 Å². The minimum atomic E-state index is -0.855. The molecule has 0 aliphatic carbocycles. The quantitative estimate of drug-likeness (QED) is 0.145. The number of methoxy groups -OCH3 is 1. The van der Waals surface area contributed by atoms with Gasteiger partial charge in [0.25, 0.3) is 11.8 Å². The fraction of sp³-hybridized carbons (Fsp3) is 0.147. The summed E-state index contributed by atoms with van der Waals surface area (Å²) in [5.74, 6) is -0.407. The number of imide groups is 2. The van der Waals surface area contributed by atoms with Gasteiger partial charge in [-0.2, -0.15) is 0 Å². The summed E-state index contributed by atoms with van der Waals surface area (Å²) in [7, 11) is 1.47. The molecular weight excluding hydrogens is 648 g/mol. The lowest BCUT2D eigenvalue weighted by Gasteiger charge is -2.26. The summed E-state index contributed by atoms with van der Waals surface area (Å²) in [6.07, 6.45) is 1.36. The van der Waals surface area contributed by atoms with E-state index in [1.165, 1.54) is 18.7 Å². The summed E-state index contributed by atoms with van der Waals surface area (Å²) in [6.45, 7) is 4.68. The Labute approximate surface area is 268 Å². The zero-order valence-corrected chi connectivity index (χ0v) is 26.5. The number of rotatable bonds is 9. The third kappa shape index (κ3) is 6.96. The molecule has 1 aliphatic rings. The Morgan fingerprint density at radius 2 is 1.52 bits per heavy atom. The zero-order valence-electron chi connectivity index (χ0n) is 24.1. The molecule has 1 fully saturated rings. The molecule has 4 amide bonds. The number of halogens is 2. The molecule has 0 spiro atoms. The molecular formula is C34H28BrClN2O6. The number of hydrogen-bond donors (Lipinski definition) is 1. The minimum absolute atomic E-state index is 0.232. The number of nitrogens with zero attached hydrogens (tertiary/aromatic N) is 1. The first-order valence-corrected chi connectivity index (χ1v) is 14.8. The molecule has 4 aromatic carbocycles. The first-order valence-electron chi connectivity index (χ1n) is 13.6. The second kappa shape index (κ2) is 13.4. The molecule has 1 heterocycles. The SMILES string of the molecule is COc1cc(/C=C2\C(=O)NC(=O)N(c3ccc(OCc4ccc(Br)cc4)cc3)C2=O)cc(Cl)c1OCc1ccc(C)c(C)c1. The Hall–Kier alpha value is -4.60. The molecule has 5 rings (SSSR count). The smallest absolute Gasteiger partial charge is 0.335 e.